The lowest BCUT2D eigenvalue weighted by Crippen LogP contribution is -2.02. The maximum Gasteiger partial charge on any atom is 0.0603 e. The Bertz CT molecular complexity index is 463. The summed E-state index contributed by atoms with van der Waals surface area (Å²) in [5.74, 6) is 0. The third-order valence-electron chi connectivity index (χ3n) is 2.46. The highest BCUT2D eigenvalue weighted by atomic mass is 14.9. The molecule has 1 N–H and O–H groups in total. The molecule has 2 aromatic heterocycles. The first kappa shape index (κ1) is 10.6. The Kier molecular flexibility index (Phi) is 3.15. The van der Waals surface area contributed by atoms with Gasteiger partial charge < -0.3 is 5.32 Å². The SMILES string of the molecule is Cc1ccc(CNc2cccnc2C)cn1. The summed E-state index contributed by atoms with van der Waals surface area (Å²) in [7, 11) is 0. The second-order valence-corrected chi connectivity index (χ2v) is 3.80. The van der Waals surface area contributed by atoms with Gasteiger partial charge in [-0.25, -0.2) is 0 Å². The van der Waals surface area contributed by atoms with E-state index in [1.54, 1.807) is 6.20 Å². The molecule has 16 heavy (non-hydrogen) atoms. The Balaban J connectivity index is 2.02. The number of nitrogens with one attached hydrogen (secondary N) is 1. The van der Waals surface area contributed by atoms with Gasteiger partial charge in [0.15, 0.2) is 0 Å². The van der Waals surface area contributed by atoms with E-state index in [1.807, 2.05) is 38.2 Å². The summed E-state index contributed by atoms with van der Waals surface area (Å²) in [5, 5.41) is 3.35. The summed E-state index contributed by atoms with van der Waals surface area (Å²) < 4.78 is 0. The van der Waals surface area contributed by atoms with Crippen molar-refractivity contribution >= 4 is 5.69 Å². The van der Waals surface area contributed by atoms with Crippen LogP contribution in [0.15, 0.2) is 36.7 Å². The van der Waals surface area contributed by atoms with E-state index in [0.29, 0.717) is 0 Å². The molecule has 82 valence electrons. The normalized spacial score (nSPS) is 10.1. The molecule has 0 amide bonds. The smallest absolute Gasteiger partial charge is 0.0603 e. The van der Waals surface area contributed by atoms with Crippen molar-refractivity contribution in [3.63, 3.8) is 0 Å². The third-order valence-corrected chi connectivity index (χ3v) is 2.46. The quantitative estimate of drug-likeness (QED) is 0.851. The monoisotopic (exact) mass is 213 g/mol. The van der Waals surface area contributed by atoms with Crippen LogP contribution in [0.5, 0.6) is 0 Å². The molecule has 3 nitrogen and oxygen atoms in total. The topological polar surface area (TPSA) is 37.8 Å². The molecule has 0 saturated carbocycles. The number of aryl methyl sites for hydroxylation is 2. The summed E-state index contributed by atoms with van der Waals surface area (Å²) in [4.78, 5) is 8.49. The van der Waals surface area contributed by atoms with Crippen molar-refractivity contribution in [3.8, 4) is 0 Å². The van der Waals surface area contributed by atoms with Crippen molar-refractivity contribution in [2.75, 3.05) is 5.32 Å². The summed E-state index contributed by atoms with van der Waals surface area (Å²) in [6.07, 6.45) is 3.70. The van der Waals surface area contributed by atoms with Crippen molar-refractivity contribution in [2.24, 2.45) is 0 Å². The van der Waals surface area contributed by atoms with E-state index in [-0.39, 0.29) is 0 Å². The van der Waals surface area contributed by atoms with Crippen molar-refractivity contribution in [1.29, 1.82) is 0 Å². The van der Waals surface area contributed by atoms with Crippen molar-refractivity contribution in [3.05, 3.63) is 53.6 Å². The first-order chi connectivity index (χ1) is 7.75. The summed E-state index contributed by atoms with van der Waals surface area (Å²) in [6, 6.07) is 8.07. The van der Waals surface area contributed by atoms with Crippen molar-refractivity contribution in [1.82, 2.24) is 9.97 Å². The van der Waals surface area contributed by atoms with Crippen LogP contribution in [-0.4, -0.2) is 9.97 Å². The van der Waals surface area contributed by atoms with Crippen LogP contribution in [0.3, 0.4) is 0 Å². The molecule has 0 fully saturated rings. The molecule has 0 aliphatic rings. The van der Waals surface area contributed by atoms with Gasteiger partial charge >= 0.3 is 0 Å². The van der Waals surface area contributed by atoms with Gasteiger partial charge in [-0.1, -0.05) is 6.07 Å². The first-order valence-corrected chi connectivity index (χ1v) is 5.33. The molecule has 0 bridgehead atoms. The van der Waals surface area contributed by atoms with Gasteiger partial charge in [-0.2, -0.15) is 0 Å². The van der Waals surface area contributed by atoms with Crippen LogP contribution >= 0.6 is 0 Å². The molecular weight excluding hydrogens is 198 g/mol. The molecule has 2 heterocycles. The summed E-state index contributed by atoms with van der Waals surface area (Å²) in [6.45, 7) is 4.76. The molecule has 0 aliphatic heterocycles. The minimum atomic E-state index is 0.778. The predicted octanol–water partition coefficient (Wildman–Crippen LogP) is 2.71. The average Bonchev–Trinajstić information content (AvgIpc) is 2.30. The Morgan fingerprint density at radius 3 is 2.69 bits per heavy atom. The molecular formula is C13H15N3. The van der Waals surface area contributed by atoms with Gasteiger partial charge in [-0.05, 0) is 37.6 Å². The van der Waals surface area contributed by atoms with Gasteiger partial charge in [0, 0.05) is 24.6 Å². The fraction of sp³-hybridized carbons (Fsp3) is 0.231. The largest absolute Gasteiger partial charge is 0.379 e. The van der Waals surface area contributed by atoms with Crippen LogP contribution in [-0.2, 0) is 6.54 Å². The van der Waals surface area contributed by atoms with E-state index in [4.69, 9.17) is 0 Å². The highest BCUT2D eigenvalue weighted by Crippen LogP contribution is 2.11. The zero-order valence-corrected chi connectivity index (χ0v) is 9.57. The van der Waals surface area contributed by atoms with Gasteiger partial charge in [0.05, 0.1) is 11.4 Å². The lowest BCUT2D eigenvalue weighted by molar-refractivity contribution is 1.07. The lowest BCUT2D eigenvalue weighted by Gasteiger charge is -2.08. The van der Waals surface area contributed by atoms with Crippen LogP contribution < -0.4 is 5.32 Å². The van der Waals surface area contributed by atoms with E-state index in [9.17, 15) is 0 Å². The first-order valence-electron chi connectivity index (χ1n) is 5.33. The molecule has 0 saturated heterocycles. The fourth-order valence-electron chi connectivity index (χ4n) is 1.47. The molecule has 3 heteroatoms. The van der Waals surface area contributed by atoms with E-state index in [0.717, 1.165) is 23.6 Å². The molecule has 0 spiro atoms. The average molecular weight is 213 g/mol. The van der Waals surface area contributed by atoms with Crippen LogP contribution in [0, 0.1) is 13.8 Å². The zero-order valence-electron chi connectivity index (χ0n) is 9.57. The maximum atomic E-state index is 4.26. The number of aromatic nitrogens is 2. The van der Waals surface area contributed by atoms with E-state index in [2.05, 4.69) is 21.4 Å². The van der Waals surface area contributed by atoms with Crippen molar-refractivity contribution in [2.45, 2.75) is 20.4 Å². The molecule has 0 unspecified atom stereocenters. The van der Waals surface area contributed by atoms with Gasteiger partial charge in [-0.15, -0.1) is 0 Å². The van der Waals surface area contributed by atoms with Gasteiger partial charge in [0.1, 0.15) is 0 Å². The standard InChI is InChI=1S/C13H15N3/c1-10-5-6-12(8-15-10)9-16-13-4-3-7-14-11(13)2/h3-8,16H,9H2,1-2H3. The van der Waals surface area contributed by atoms with Gasteiger partial charge in [0.2, 0.25) is 0 Å². The zero-order chi connectivity index (χ0) is 11.4. The number of nitrogens with zero attached hydrogens (tertiary/aromatic N) is 2. The van der Waals surface area contributed by atoms with Gasteiger partial charge in [0.25, 0.3) is 0 Å². The molecule has 0 radical (unpaired) electrons. The maximum absolute atomic E-state index is 4.26. The Morgan fingerprint density at radius 1 is 1.12 bits per heavy atom. The number of pyridine rings is 2. The summed E-state index contributed by atoms with van der Waals surface area (Å²) in [5.41, 5.74) is 4.31. The van der Waals surface area contributed by atoms with E-state index < -0.39 is 0 Å². The second kappa shape index (κ2) is 4.75. The minimum Gasteiger partial charge on any atom is -0.379 e. The fourth-order valence-corrected chi connectivity index (χ4v) is 1.47. The number of hydrogen-bond donors (Lipinski definition) is 1. The van der Waals surface area contributed by atoms with E-state index in [1.165, 1.54) is 5.56 Å². The molecule has 2 aromatic rings. The van der Waals surface area contributed by atoms with Gasteiger partial charge in [-0.3, -0.25) is 9.97 Å². The van der Waals surface area contributed by atoms with Crippen LogP contribution in [0.25, 0.3) is 0 Å². The lowest BCUT2D eigenvalue weighted by atomic mass is 10.2. The van der Waals surface area contributed by atoms with Crippen molar-refractivity contribution < 1.29 is 0 Å². The molecule has 0 aromatic carbocycles. The highest BCUT2D eigenvalue weighted by Gasteiger charge is 1.97. The molecule has 0 atom stereocenters. The predicted molar refractivity (Wildman–Crippen MR) is 65.3 cm³/mol. The highest BCUT2D eigenvalue weighted by molar-refractivity contribution is 5.46. The number of hydrogen-bond acceptors (Lipinski definition) is 3. The Hall–Kier alpha value is -1.90. The van der Waals surface area contributed by atoms with Crippen LogP contribution in [0.1, 0.15) is 17.0 Å². The van der Waals surface area contributed by atoms with Crippen LogP contribution in [0.4, 0.5) is 5.69 Å². The minimum absolute atomic E-state index is 0.778. The summed E-state index contributed by atoms with van der Waals surface area (Å²) >= 11 is 0. The molecule has 2 rings (SSSR count). The third kappa shape index (κ3) is 2.57. The second-order valence-electron chi connectivity index (χ2n) is 3.80. The Morgan fingerprint density at radius 2 is 2.00 bits per heavy atom. The van der Waals surface area contributed by atoms with Crippen LogP contribution in [0.2, 0.25) is 0 Å². The Labute approximate surface area is 95.6 Å². The van der Waals surface area contributed by atoms with E-state index >= 15 is 0 Å². The number of anilines is 1. The molecule has 0 aliphatic carbocycles. The number of rotatable bonds is 3.